The number of aryl methyl sites for hydroxylation is 1. The van der Waals surface area contributed by atoms with E-state index >= 15 is 0 Å². The molecule has 4 aliphatic rings. The molecule has 0 spiro atoms. The minimum Gasteiger partial charge on any atom is -0.456 e. The Kier molecular flexibility index (Phi) is 6.63. The topological polar surface area (TPSA) is 16.4 Å². The van der Waals surface area contributed by atoms with Crippen molar-refractivity contribution < 1.29 is 4.42 Å². The standard InChI is InChI=1S/C47H41NO/c1-31-22-37(35-10-4-2-5-11-35)16-19-43(31)48(39-18-21-46-42(27-39)40-14-8-9-15-45(40)49-46)44-20-17-38(26-41(44)36-12-6-3-7-13-36)47-28-32-23-33(29-47)25-34(24-32)30-47/h2-22,26-27,32-34H,23-25,28-30H2,1H3. The van der Waals surface area contributed by atoms with Gasteiger partial charge in [0.1, 0.15) is 11.2 Å². The van der Waals surface area contributed by atoms with Gasteiger partial charge in [0.25, 0.3) is 0 Å². The van der Waals surface area contributed by atoms with E-state index in [0.29, 0.717) is 5.41 Å². The predicted octanol–water partition coefficient (Wildman–Crippen LogP) is 13.2. The lowest BCUT2D eigenvalue weighted by Crippen LogP contribution is -2.48. The fourth-order valence-electron chi connectivity index (χ4n) is 10.4. The molecule has 4 aliphatic carbocycles. The first-order chi connectivity index (χ1) is 24.1. The van der Waals surface area contributed by atoms with E-state index in [9.17, 15) is 0 Å². The Balaban J connectivity index is 1.19. The Hall–Kier alpha value is -5.08. The number of anilines is 3. The number of hydrogen-bond acceptors (Lipinski definition) is 2. The van der Waals surface area contributed by atoms with Crippen LogP contribution in [-0.4, -0.2) is 0 Å². The molecule has 0 unspecified atom stereocenters. The molecule has 2 nitrogen and oxygen atoms in total. The molecule has 0 amide bonds. The van der Waals surface area contributed by atoms with E-state index in [1.54, 1.807) is 5.56 Å². The highest BCUT2D eigenvalue weighted by Crippen LogP contribution is 2.61. The summed E-state index contributed by atoms with van der Waals surface area (Å²) in [7, 11) is 0. The van der Waals surface area contributed by atoms with E-state index < -0.39 is 0 Å². The Morgan fingerprint density at radius 1 is 0.531 bits per heavy atom. The first-order valence-corrected chi connectivity index (χ1v) is 18.2. The van der Waals surface area contributed by atoms with Crippen LogP contribution < -0.4 is 4.90 Å². The van der Waals surface area contributed by atoms with Crippen LogP contribution in [0.3, 0.4) is 0 Å². The summed E-state index contributed by atoms with van der Waals surface area (Å²) in [6.45, 7) is 2.26. The van der Waals surface area contributed by atoms with Crippen molar-refractivity contribution in [3.8, 4) is 22.3 Å². The molecule has 6 aromatic carbocycles. The van der Waals surface area contributed by atoms with Gasteiger partial charge in [-0.3, -0.25) is 0 Å². The Morgan fingerprint density at radius 2 is 1.16 bits per heavy atom. The van der Waals surface area contributed by atoms with Crippen molar-refractivity contribution in [3.05, 3.63) is 151 Å². The number of benzene rings is 6. The van der Waals surface area contributed by atoms with E-state index in [2.05, 4.69) is 145 Å². The second-order valence-corrected chi connectivity index (χ2v) is 15.3. The Labute approximate surface area is 289 Å². The predicted molar refractivity (Wildman–Crippen MR) is 204 cm³/mol. The van der Waals surface area contributed by atoms with Gasteiger partial charge >= 0.3 is 0 Å². The van der Waals surface area contributed by atoms with Crippen molar-refractivity contribution in [2.24, 2.45) is 17.8 Å². The highest BCUT2D eigenvalue weighted by atomic mass is 16.3. The monoisotopic (exact) mass is 635 g/mol. The molecule has 4 bridgehead atoms. The lowest BCUT2D eigenvalue weighted by molar-refractivity contribution is -0.00516. The molecule has 0 aliphatic heterocycles. The van der Waals surface area contributed by atoms with Gasteiger partial charge in [-0.1, -0.05) is 91.0 Å². The zero-order chi connectivity index (χ0) is 32.5. The van der Waals surface area contributed by atoms with E-state index in [-0.39, 0.29) is 0 Å². The number of fused-ring (bicyclic) bond motifs is 3. The fourth-order valence-corrected chi connectivity index (χ4v) is 10.4. The van der Waals surface area contributed by atoms with Crippen molar-refractivity contribution in [2.45, 2.75) is 50.9 Å². The molecule has 4 fully saturated rings. The van der Waals surface area contributed by atoms with Gasteiger partial charge in [-0.25, -0.2) is 0 Å². The van der Waals surface area contributed by atoms with E-state index in [4.69, 9.17) is 4.42 Å². The fraction of sp³-hybridized carbons (Fsp3) is 0.234. The van der Waals surface area contributed by atoms with Crippen LogP contribution >= 0.6 is 0 Å². The minimum absolute atomic E-state index is 0.323. The first-order valence-electron chi connectivity index (χ1n) is 18.2. The van der Waals surface area contributed by atoms with Gasteiger partial charge in [0, 0.05) is 27.7 Å². The summed E-state index contributed by atoms with van der Waals surface area (Å²) in [4.78, 5) is 2.50. The summed E-state index contributed by atoms with van der Waals surface area (Å²) < 4.78 is 6.29. The number of rotatable bonds is 6. The number of para-hydroxylation sites is 1. The highest BCUT2D eigenvalue weighted by Gasteiger charge is 2.51. The molecule has 11 rings (SSSR count). The highest BCUT2D eigenvalue weighted by molar-refractivity contribution is 6.07. The SMILES string of the molecule is Cc1cc(-c2ccccc2)ccc1N(c1ccc2oc3ccccc3c2c1)c1ccc(C23CC4CC(CC(C4)C2)C3)cc1-c1ccccc1. The molecular formula is C47H41NO. The van der Waals surface area contributed by atoms with Crippen LogP contribution in [0.15, 0.2) is 144 Å². The van der Waals surface area contributed by atoms with Gasteiger partial charge in [0.05, 0.1) is 5.69 Å². The summed E-state index contributed by atoms with van der Waals surface area (Å²) in [6, 6.07) is 51.4. The lowest BCUT2D eigenvalue weighted by Gasteiger charge is -2.57. The smallest absolute Gasteiger partial charge is 0.135 e. The largest absolute Gasteiger partial charge is 0.456 e. The van der Waals surface area contributed by atoms with Gasteiger partial charge in [-0.05, 0) is 145 Å². The molecule has 240 valence electrons. The molecule has 7 aromatic rings. The van der Waals surface area contributed by atoms with Crippen LogP contribution in [0.25, 0.3) is 44.2 Å². The summed E-state index contributed by atoms with van der Waals surface area (Å²) in [5.74, 6) is 2.72. The second-order valence-electron chi connectivity index (χ2n) is 15.3. The molecule has 1 aromatic heterocycles. The van der Waals surface area contributed by atoms with Crippen molar-refractivity contribution in [1.82, 2.24) is 0 Å². The minimum atomic E-state index is 0.323. The molecular weight excluding hydrogens is 595 g/mol. The van der Waals surface area contributed by atoms with E-state index in [0.717, 1.165) is 45.4 Å². The number of furan rings is 1. The Bertz CT molecular complexity index is 2300. The second kappa shape index (κ2) is 11.2. The summed E-state index contributed by atoms with van der Waals surface area (Å²) >= 11 is 0. The maximum Gasteiger partial charge on any atom is 0.135 e. The van der Waals surface area contributed by atoms with Gasteiger partial charge in [0.15, 0.2) is 0 Å². The molecule has 2 heteroatoms. The van der Waals surface area contributed by atoms with Crippen molar-refractivity contribution in [3.63, 3.8) is 0 Å². The molecule has 0 atom stereocenters. The van der Waals surface area contributed by atoms with Crippen LogP contribution in [0, 0.1) is 24.7 Å². The third kappa shape index (κ3) is 4.83. The normalized spacial score (nSPS) is 22.6. The van der Waals surface area contributed by atoms with Gasteiger partial charge < -0.3 is 9.32 Å². The summed E-state index contributed by atoms with van der Waals surface area (Å²) in [5.41, 5.74) is 13.5. The average Bonchev–Trinajstić information content (AvgIpc) is 3.51. The molecule has 0 saturated heterocycles. The molecule has 0 N–H and O–H groups in total. The third-order valence-corrected chi connectivity index (χ3v) is 12.1. The van der Waals surface area contributed by atoms with E-state index in [1.807, 2.05) is 6.07 Å². The van der Waals surface area contributed by atoms with Crippen LogP contribution in [0.1, 0.15) is 49.7 Å². The van der Waals surface area contributed by atoms with Crippen molar-refractivity contribution in [2.75, 3.05) is 4.90 Å². The Morgan fingerprint density at radius 3 is 1.88 bits per heavy atom. The quantitative estimate of drug-likeness (QED) is 0.181. The van der Waals surface area contributed by atoms with Crippen LogP contribution in [0.5, 0.6) is 0 Å². The van der Waals surface area contributed by atoms with Crippen molar-refractivity contribution >= 4 is 39.0 Å². The average molecular weight is 636 g/mol. The van der Waals surface area contributed by atoms with E-state index in [1.165, 1.54) is 77.7 Å². The van der Waals surface area contributed by atoms with Gasteiger partial charge in [0.2, 0.25) is 0 Å². The maximum atomic E-state index is 6.29. The number of hydrogen-bond donors (Lipinski definition) is 0. The van der Waals surface area contributed by atoms with Crippen LogP contribution in [0.4, 0.5) is 17.1 Å². The van der Waals surface area contributed by atoms with Crippen molar-refractivity contribution in [1.29, 1.82) is 0 Å². The zero-order valence-corrected chi connectivity index (χ0v) is 28.1. The molecule has 0 radical (unpaired) electrons. The van der Waals surface area contributed by atoms with Gasteiger partial charge in [-0.15, -0.1) is 0 Å². The van der Waals surface area contributed by atoms with Crippen LogP contribution in [-0.2, 0) is 5.41 Å². The first kappa shape index (κ1) is 28.9. The van der Waals surface area contributed by atoms with Gasteiger partial charge in [-0.2, -0.15) is 0 Å². The maximum absolute atomic E-state index is 6.29. The van der Waals surface area contributed by atoms with Crippen LogP contribution in [0.2, 0.25) is 0 Å². The lowest BCUT2D eigenvalue weighted by atomic mass is 9.48. The molecule has 49 heavy (non-hydrogen) atoms. The summed E-state index contributed by atoms with van der Waals surface area (Å²) in [5, 5.41) is 2.29. The molecule has 1 heterocycles. The summed E-state index contributed by atoms with van der Waals surface area (Å²) in [6.07, 6.45) is 8.46. The number of nitrogens with zero attached hydrogens (tertiary/aromatic N) is 1. The zero-order valence-electron chi connectivity index (χ0n) is 28.1. The molecule has 4 saturated carbocycles. The third-order valence-electron chi connectivity index (χ3n) is 12.1.